The van der Waals surface area contributed by atoms with Gasteiger partial charge in [0.15, 0.2) is 0 Å². The summed E-state index contributed by atoms with van der Waals surface area (Å²) in [5.74, 6) is 0. The van der Waals surface area contributed by atoms with Crippen molar-refractivity contribution in [1.29, 1.82) is 0 Å². The number of hydrogen-bond donors (Lipinski definition) is 0. The van der Waals surface area contributed by atoms with Crippen molar-refractivity contribution in [1.82, 2.24) is 0 Å². The number of hydrogen-bond acceptors (Lipinski definition) is 0. The Morgan fingerprint density at radius 3 is 0.867 bits per heavy atom. The topological polar surface area (TPSA) is 28.2 Å². The van der Waals surface area contributed by atoms with Crippen LogP contribution in [0.1, 0.15) is 53.4 Å². The van der Waals surface area contributed by atoms with Crippen LogP contribution in [0.5, 0.6) is 0 Å². The van der Waals surface area contributed by atoms with E-state index in [0.717, 1.165) is 26.2 Å². The average molecular weight is 288 g/mol. The Hall–Kier alpha value is 1.40. The van der Waals surface area contributed by atoms with Gasteiger partial charge in [0.2, 0.25) is 0 Å². The van der Waals surface area contributed by atoms with Crippen molar-refractivity contribution in [2.24, 2.45) is 0 Å². The molecular weight excluding hydrogens is 260 g/mol. The second-order valence-corrected chi connectivity index (χ2v) is 3.34. The van der Waals surface area contributed by atoms with E-state index in [-0.39, 0.29) is 45.5 Å². The zero-order chi connectivity index (χ0) is 11.1. The summed E-state index contributed by atoms with van der Waals surface area (Å²) >= 11 is 0. The second-order valence-electron chi connectivity index (χ2n) is 3.34. The molecule has 88 valence electrons. The summed E-state index contributed by atoms with van der Waals surface area (Å²) in [6.07, 6.45) is 4.78. The minimum absolute atomic E-state index is 0. The SMILES string of the molecule is CCC[N-]CCC.CCC[N-]CCC.[Sr+2]. The maximum Gasteiger partial charge on any atom is 2.00 e. The van der Waals surface area contributed by atoms with Gasteiger partial charge in [-0.3, -0.25) is 0 Å². The fourth-order valence-electron chi connectivity index (χ4n) is 0.856. The molecule has 0 rings (SSSR count). The molecular formula is C12H28N2Sr. The molecule has 0 aromatic heterocycles. The van der Waals surface area contributed by atoms with Crippen LogP contribution >= 0.6 is 0 Å². The number of rotatable bonds is 8. The molecule has 0 saturated heterocycles. The molecule has 0 radical (unpaired) electrons. The summed E-state index contributed by atoms with van der Waals surface area (Å²) in [5, 5.41) is 8.42. The van der Waals surface area contributed by atoms with Crippen LogP contribution in [0.25, 0.3) is 10.6 Å². The van der Waals surface area contributed by atoms with Crippen molar-refractivity contribution in [3.63, 3.8) is 0 Å². The molecule has 2 nitrogen and oxygen atoms in total. The molecule has 15 heavy (non-hydrogen) atoms. The number of nitrogens with zero attached hydrogens (tertiary/aromatic N) is 2. The largest absolute Gasteiger partial charge is 2.00 e. The zero-order valence-electron chi connectivity index (χ0n) is 11.3. The van der Waals surface area contributed by atoms with E-state index in [0.29, 0.717) is 0 Å². The first kappa shape index (κ1) is 21.7. The molecule has 0 atom stereocenters. The Labute approximate surface area is 134 Å². The third kappa shape index (κ3) is 31.3. The Morgan fingerprint density at radius 1 is 0.533 bits per heavy atom. The monoisotopic (exact) mass is 288 g/mol. The van der Waals surface area contributed by atoms with E-state index in [1.807, 2.05) is 0 Å². The standard InChI is InChI=1S/2C6H14N.Sr/c2*1-3-5-7-6-4-2;/h2*3-6H2,1-2H3;/q2*-1;+2. The molecule has 0 aromatic rings. The Kier molecular flexibility index (Phi) is 35.5. The Balaban J connectivity index is -0.000000180. The van der Waals surface area contributed by atoms with Gasteiger partial charge in [0.25, 0.3) is 0 Å². The predicted molar refractivity (Wildman–Crippen MR) is 73.1 cm³/mol. The molecule has 0 aliphatic carbocycles. The van der Waals surface area contributed by atoms with Crippen LogP contribution in [0, 0.1) is 0 Å². The van der Waals surface area contributed by atoms with Gasteiger partial charge < -0.3 is 10.6 Å². The molecule has 0 unspecified atom stereocenters. The summed E-state index contributed by atoms with van der Waals surface area (Å²) in [6, 6.07) is 0. The molecule has 0 aliphatic rings. The maximum absolute atomic E-state index is 4.21. The maximum atomic E-state index is 4.21. The van der Waals surface area contributed by atoms with E-state index in [2.05, 4.69) is 38.3 Å². The molecule has 0 spiro atoms. The van der Waals surface area contributed by atoms with Gasteiger partial charge in [0.1, 0.15) is 0 Å². The first-order chi connectivity index (χ1) is 6.83. The smallest absolute Gasteiger partial charge is 0.662 e. The quantitative estimate of drug-likeness (QED) is 0.477. The van der Waals surface area contributed by atoms with E-state index < -0.39 is 0 Å². The minimum Gasteiger partial charge on any atom is -0.662 e. The molecule has 0 fully saturated rings. The van der Waals surface area contributed by atoms with Crippen LogP contribution < -0.4 is 0 Å². The fourth-order valence-corrected chi connectivity index (χ4v) is 0.856. The average Bonchev–Trinajstić information content (AvgIpc) is 2.21. The summed E-state index contributed by atoms with van der Waals surface area (Å²) < 4.78 is 0. The zero-order valence-corrected chi connectivity index (χ0v) is 14.7. The van der Waals surface area contributed by atoms with Gasteiger partial charge in [-0.15, -0.1) is 26.2 Å². The van der Waals surface area contributed by atoms with Crippen molar-refractivity contribution in [3.8, 4) is 0 Å². The van der Waals surface area contributed by atoms with Crippen LogP contribution in [0.3, 0.4) is 0 Å². The van der Waals surface area contributed by atoms with E-state index in [9.17, 15) is 0 Å². The van der Waals surface area contributed by atoms with Gasteiger partial charge in [-0.2, -0.15) is 0 Å². The van der Waals surface area contributed by atoms with Gasteiger partial charge >= 0.3 is 45.5 Å². The van der Waals surface area contributed by atoms with Gasteiger partial charge in [0.05, 0.1) is 0 Å². The Morgan fingerprint density at radius 2 is 0.733 bits per heavy atom. The van der Waals surface area contributed by atoms with Gasteiger partial charge in [-0.05, 0) is 0 Å². The second kappa shape index (κ2) is 24.6. The summed E-state index contributed by atoms with van der Waals surface area (Å²) in [6.45, 7) is 12.8. The van der Waals surface area contributed by atoms with Crippen LogP contribution in [-0.4, -0.2) is 71.7 Å². The molecule has 0 amide bonds. The fraction of sp³-hybridized carbons (Fsp3) is 1.00. The minimum atomic E-state index is 0. The van der Waals surface area contributed by atoms with E-state index in [1.54, 1.807) is 0 Å². The van der Waals surface area contributed by atoms with Gasteiger partial charge in [0, 0.05) is 0 Å². The van der Waals surface area contributed by atoms with Crippen LogP contribution in [0.4, 0.5) is 0 Å². The molecule has 0 aliphatic heterocycles. The normalized spacial score (nSPS) is 8.80. The predicted octanol–water partition coefficient (Wildman–Crippen LogP) is 3.98. The van der Waals surface area contributed by atoms with E-state index in [4.69, 9.17) is 0 Å². The molecule has 0 saturated carbocycles. The molecule has 0 heterocycles. The van der Waals surface area contributed by atoms with Gasteiger partial charge in [-0.1, -0.05) is 53.4 Å². The van der Waals surface area contributed by atoms with Crippen molar-refractivity contribution in [3.05, 3.63) is 10.6 Å². The van der Waals surface area contributed by atoms with Crippen molar-refractivity contribution < 1.29 is 0 Å². The first-order valence-corrected chi connectivity index (χ1v) is 6.09. The molecule has 0 N–H and O–H groups in total. The first-order valence-electron chi connectivity index (χ1n) is 6.09. The van der Waals surface area contributed by atoms with Crippen molar-refractivity contribution in [2.45, 2.75) is 53.4 Å². The molecule has 3 heteroatoms. The molecule has 0 bridgehead atoms. The Bertz CT molecular complexity index is 62.0. The van der Waals surface area contributed by atoms with E-state index >= 15 is 0 Å². The third-order valence-corrected chi connectivity index (χ3v) is 1.53. The summed E-state index contributed by atoms with van der Waals surface area (Å²) in [5.41, 5.74) is 0. The summed E-state index contributed by atoms with van der Waals surface area (Å²) in [4.78, 5) is 0. The summed E-state index contributed by atoms with van der Waals surface area (Å²) in [7, 11) is 0. The van der Waals surface area contributed by atoms with Crippen molar-refractivity contribution >= 4 is 45.5 Å². The van der Waals surface area contributed by atoms with Crippen molar-refractivity contribution in [2.75, 3.05) is 26.2 Å². The van der Waals surface area contributed by atoms with Crippen LogP contribution in [-0.2, 0) is 0 Å². The van der Waals surface area contributed by atoms with Crippen LogP contribution in [0.2, 0.25) is 0 Å². The van der Waals surface area contributed by atoms with E-state index in [1.165, 1.54) is 25.7 Å². The third-order valence-electron chi connectivity index (χ3n) is 1.53. The van der Waals surface area contributed by atoms with Crippen LogP contribution in [0.15, 0.2) is 0 Å². The molecule has 0 aromatic carbocycles. The van der Waals surface area contributed by atoms with Gasteiger partial charge in [-0.25, -0.2) is 0 Å².